The standard InChI is InChI=1S/C26H40O6.CO2/c1-14(27)18-6-7-19-17-5-4-15-12-16(32-24-23(30)22(29)21(28)13-31-24)8-10-25(15,2)20(17)9-11-26(18,19)3;2-1-3/h4,16-24,28-30H,5-13H2,1-3H3;/t16-,17-,18+,19-,20-,21+,22-,23+,24?,25-,26+;/m0./s1. The molecule has 3 N–H and O–H groups in total. The summed E-state index contributed by atoms with van der Waals surface area (Å²) in [5, 5.41) is 29.9. The summed E-state index contributed by atoms with van der Waals surface area (Å²) < 4.78 is 11.6. The Hall–Kier alpha value is -1.41. The van der Waals surface area contributed by atoms with Crippen LogP contribution in [-0.2, 0) is 23.9 Å². The van der Waals surface area contributed by atoms with Crippen LogP contribution in [0.15, 0.2) is 11.6 Å². The van der Waals surface area contributed by atoms with Crippen LogP contribution in [0.4, 0.5) is 0 Å². The molecule has 0 aromatic carbocycles. The first-order valence-electron chi connectivity index (χ1n) is 13.1. The number of ether oxygens (including phenoxy) is 2. The SMILES string of the molecule is CC(=O)[C@H]1CC[C@H]2[C@@H]3CC=C4C[C@@H](OC5OC[C@@H](O)[C@H](O)[C@H]5O)CC[C@]4(C)[C@H]3CC[C@]12C.O=C=O. The molecular formula is C27H40O8. The second-order valence-corrected chi connectivity index (χ2v) is 11.9. The van der Waals surface area contributed by atoms with Crippen molar-refractivity contribution in [2.24, 2.45) is 34.5 Å². The molecule has 0 amide bonds. The third kappa shape index (κ3) is 4.58. The molecule has 35 heavy (non-hydrogen) atoms. The van der Waals surface area contributed by atoms with E-state index in [1.54, 1.807) is 6.92 Å². The molecule has 11 atom stereocenters. The lowest BCUT2D eigenvalue weighted by Crippen LogP contribution is -2.55. The molecule has 5 aliphatic rings. The minimum Gasteiger partial charge on any atom is -0.388 e. The van der Waals surface area contributed by atoms with Crippen LogP contribution in [0, 0.1) is 34.5 Å². The van der Waals surface area contributed by atoms with E-state index in [2.05, 4.69) is 19.9 Å². The van der Waals surface area contributed by atoms with Crippen molar-refractivity contribution in [1.82, 2.24) is 0 Å². The van der Waals surface area contributed by atoms with E-state index in [0.29, 0.717) is 23.5 Å². The van der Waals surface area contributed by atoms with Crippen molar-refractivity contribution in [3.8, 4) is 0 Å². The van der Waals surface area contributed by atoms with Gasteiger partial charge in [0.05, 0.1) is 12.7 Å². The van der Waals surface area contributed by atoms with Crippen molar-refractivity contribution in [3.63, 3.8) is 0 Å². The number of allylic oxidation sites excluding steroid dienone is 1. The Bertz CT molecular complexity index is 865. The molecule has 4 fully saturated rings. The number of Topliss-reactive ketones (excluding diaryl/α,β-unsaturated/α-hetero) is 1. The zero-order valence-corrected chi connectivity index (χ0v) is 21.0. The molecule has 1 saturated heterocycles. The second kappa shape index (κ2) is 10.2. The van der Waals surface area contributed by atoms with Gasteiger partial charge in [0.2, 0.25) is 0 Å². The molecular weight excluding hydrogens is 452 g/mol. The van der Waals surface area contributed by atoms with Gasteiger partial charge in [0.1, 0.15) is 24.1 Å². The summed E-state index contributed by atoms with van der Waals surface area (Å²) >= 11 is 0. The van der Waals surface area contributed by atoms with Gasteiger partial charge in [-0.1, -0.05) is 25.5 Å². The third-order valence-electron chi connectivity index (χ3n) is 10.3. The van der Waals surface area contributed by atoms with E-state index < -0.39 is 24.6 Å². The van der Waals surface area contributed by atoms with Crippen LogP contribution in [0.2, 0.25) is 0 Å². The fourth-order valence-corrected chi connectivity index (χ4v) is 8.50. The van der Waals surface area contributed by atoms with Crippen LogP contribution in [0.25, 0.3) is 0 Å². The van der Waals surface area contributed by atoms with Crippen molar-refractivity contribution in [3.05, 3.63) is 11.6 Å². The molecule has 196 valence electrons. The molecule has 1 heterocycles. The number of hydrogen-bond acceptors (Lipinski definition) is 8. The summed E-state index contributed by atoms with van der Waals surface area (Å²) in [6.45, 7) is 6.60. The summed E-state index contributed by atoms with van der Waals surface area (Å²) in [5.41, 5.74) is 1.83. The highest BCUT2D eigenvalue weighted by molar-refractivity contribution is 5.79. The van der Waals surface area contributed by atoms with E-state index in [4.69, 9.17) is 19.1 Å². The minimum atomic E-state index is -1.24. The van der Waals surface area contributed by atoms with Gasteiger partial charge in [0.15, 0.2) is 6.29 Å². The quantitative estimate of drug-likeness (QED) is 0.512. The van der Waals surface area contributed by atoms with Gasteiger partial charge >= 0.3 is 6.15 Å². The maximum atomic E-state index is 12.3. The zero-order chi connectivity index (χ0) is 25.5. The fourth-order valence-electron chi connectivity index (χ4n) is 8.50. The largest absolute Gasteiger partial charge is 0.388 e. The van der Waals surface area contributed by atoms with Crippen LogP contribution in [0.3, 0.4) is 0 Å². The lowest BCUT2D eigenvalue weighted by molar-refractivity contribution is -0.284. The Morgan fingerprint density at radius 3 is 2.46 bits per heavy atom. The Kier molecular flexibility index (Phi) is 7.73. The average molecular weight is 493 g/mol. The van der Waals surface area contributed by atoms with E-state index in [9.17, 15) is 20.1 Å². The third-order valence-corrected chi connectivity index (χ3v) is 10.3. The molecule has 3 saturated carbocycles. The maximum absolute atomic E-state index is 12.3. The van der Waals surface area contributed by atoms with Crippen molar-refractivity contribution in [2.45, 2.75) is 103 Å². The molecule has 4 aliphatic carbocycles. The van der Waals surface area contributed by atoms with Gasteiger partial charge in [0, 0.05) is 5.92 Å². The molecule has 0 aromatic heterocycles. The molecule has 1 unspecified atom stereocenters. The number of aliphatic hydroxyl groups excluding tert-OH is 3. The molecule has 5 rings (SSSR count). The second-order valence-electron chi connectivity index (χ2n) is 11.9. The Morgan fingerprint density at radius 1 is 1.06 bits per heavy atom. The minimum absolute atomic E-state index is 0.0266. The monoisotopic (exact) mass is 492 g/mol. The topological polar surface area (TPSA) is 130 Å². The number of rotatable bonds is 3. The predicted molar refractivity (Wildman–Crippen MR) is 124 cm³/mol. The van der Waals surface area contributed by atoms with E-state index in [1.165, 1.54) is 18.4 Å². The Balaban J connectivity index is 0.000000917. The molecule has 8 nitrogen and oxygen atoms in total. The first kappa shape index (κ1) is 26.6. The van der Waals surface area contributed by atoms with E-state index in [-0.39, 0.29) is 35.6 Å². The number of hydrogen-bond donors (Lipinski definition) is 3. The van der Waals surface area contributed by atoms with Gasteiger partial charge in [0.25, 0.3) is 0 Å². The van der Waals surface area contributed by atoms with Crippen LogP contribution < -0.4 is 0 Å². The predicted octanol–water partition coefficient (Wildman–Crippen LogP) is 2.40. The average Bonchev–Trinajstić information content (AvgIpc) is 3.18. The number of ketones is 1. The number of fused-ring (bicyclic) bond motifs is 5. The number of carbonyl (C=O) groups excluding carboxylic acids is 3. The number of carbonyl (C=O) groups is 1. The van der Waals surface area contributed by atoms with Gasteiger partial charge in [-0.15, -0.1) is 0 Å². The molecule has 0 bridgehead atoms. The lowest BCUT2D eigenvalue weighted by atomic mass is 9.47. The highest BCUT2D eigenvalue weighted by atomic mass is 16.7. The van der Waals surface area contributed by atoms with E-state index in [1.807, 2.05) is 0 Å². The Labute approximate surface area is 207 Å². The molecule has 0 spiro atoms. The van der Waals surface area contributed by atoms with Crippen molar-refractivity contribution in [2.75, 3.05) is 6.61 Å². The molecule has 0 aromatic rings. The molecule has 1 aliphatic heterocycles. The van der Waals surface area contributed by atoms with Gasteiger partial charge < -0.3 is 24.8 Å². The Morgan fingerprint density at radius 2 is 1.77 bits per heavy atom. The number of aliphatic hydroxyl groups is 3. The summed E-state index contributed by atoms with van der Waals surface area (Å²) in [4.78, 5) is 28.6. The highest BCUT2D eigenvalue weighted by Gasteiger charge is 2.59. The van der Waals surface area contributed by atoms with Gasteiger partial charge in [-0.25, -0.2) is 0 Å². The summed E-state index contributed by atoms with van der Waals surface area (Å²) in [5.74, 6) is 2.61. The highest BCUT2D eigenvalue weighted by Crippen LogP contribution is 2.66. The van der Waals surface area contributed by atoms with Crippen LogP contribution in [0.1, 0.15) is 72.1 Å². The van der Waals surface area contributed by atoms with Gasteiger partial charge in [-0.05, 0) is 86.9 Å². The summed E-state index contributed by atoms with van der Waals surface area (Å²) in [6, 6.07) is 0. The molecule has 8 heteroatoms. The van der Waals surface area contributed by atoms with Crippen LogP contribution in [-0.4, -0.2) is 64.6 Å². The molecule has 0 radical (unpaired) electrons. The first-order chi connectivity index (χ1) is 16.6. The van der Waals surface area contributed by atoms with Crippen LogP contribution in [0.5, 0.6) is 0 Å². The van der Waals surface area contributed by atoms with Gasteiger partial charge in [-0.3, -0.25) is 4.79 Å². The van der Waals surface area contributed by atoms with E-state index >= 15 is 0 Å². The maximum Gasteiger partial charge on any atom is 0.373 e. The van der Waals surface area contributed by atoms with E-state index in [0.717, 1.165) is 38.5 Å². The normalized spacial score (nSPS) is 48.7. The summed E-state index contributed by atoms with van der Waals surface area (Å²) in [7, 11) is 0. The first-order valence-corrected chi connectivity index (χ1v) is 13.1. The van der Waals surface area contributed by atoms with Crippen molar-refractivity contribution >= 4 is 11.9 Å². The smallest absolute Gasteiger partial charge is 0.373 e. The lowest BCUT2D eigenvalue weighted by Gasteiger charge is -2.58. The van der Waals surface area contributed by atoms with Crippen molar-refractivity contribution < 1.29 is 39.2 Å². The summed E-state index contributed by atoms with van der Waals surface area (Å²) in [6.07, 6.45) is 6.74. The zero-order valence-electron chi connectivity index (χ0n) is 21.0. The van der Waals surface area contributed by atoms with Gasteiger partial charge in [-0.2, -0.15) is 9.59 Å². The van der Waals surface area contributed by atoms with Crippen molar-refractivity contribution in [1.29, 1.82) is 0 Å². The van der Waals surface area contributed by atoms with Crippen LogP contribution >= 0.6 is 0 Å². The fraction of sp³-hybridized carbons (Fsp3) is 0.852.